The van der Waals surface area contributed by atoms with Crippen LogP contribution in [0.3, 0.4) is 0 Å². The number of alkyl halides is 3. The Labute approximate surface area is 149 Å². The van der Waals surface area contributed by atoms with E-state index in [1.807, 2.05) is 6.07 Å². The Bertz CT molecular complexity index is 982. The van der Waals surface area contributed by atoms with Crippen LogP contribution in [0.2, 0.25) is 0 Å². The lowest BCUT2D eigenvalue weighted by atomic mass is 9.97. The molecule has 0 nitrogen and oxygen atoms in total. The molecule has 3 aromatic rings. The summed E-state index contributed by atoms with van der Waals surface area (Å²) < 4.78 is 52.8. The molecule has 0 aliphatic heterocycles. The first-order chi connectivity index (χ1) is 12.4. The molecule has 0 atom stereocenters. The van der Waals surface area contributed by atoms with Gasteiger partial charge in [0, 0.05) is 5.56 Å². The lowest BCUT2D eigenvalue weighted by molar-refractivity contribution is -0.137. The van der Waals surface area contributed by atoms with E-state index in [-0.39, 0.29) is 0 Å². The molecule has 0 radical (unpaired) electrons. The number of halogens is 4. The van der Waals surface area contributed by atoms with Gasteiger partial charge in [-0.25, -0.2) is 4.39 Å². The van der Waals surface area contributed by atoms with Gasteiger partial charge in [-0.2, -0.15) is 13.2 Å². The Morgan fingerprint density at radius 3 is 2.15 bits per heavy atom. The van der Waals surface area contributed by atoms with E-state index in [1.165, 1.54) is 29.3 Å². The van der Waals surface area contributed by atoms with Gasteiger partial charge in [-0.3, -0.25) is 0 Å². The molecule has 0 unspecified atom stereocenters. The lowest BCUT2D eigenvalue weighted by Crippen LogP contribution is -2.04. The fourth-order valence-electron chi connectivity index (χ4n) is 3.56. The zero-order valence-corrected chi connectivity index (χ0v) is 14.1. The molecule has 4 heteroatoms. The van der Waals surface area contributed by atoms with Crippen molar-refractivity contribution in [1.82, 2.24) is 0 Å². The van der Waals surface area contributed by atoms with Gasteiger partial charge in [-0.05, 0) is 70.5 Å². The highest BCUT2D eigenvalue weighted by molar-refractivity contribution is 5.80. The zero-order chi connectivity index (χ0) is 18.5. The van der Waals surface area contributed by atoms with Crippen molar-refractivity contribution < 1.29 is 17.6 Å². The maximum atomic E-state index is 14.7. The molecule has 0 saturated heterocycles. The molecular weight excluding hydrogens is 340 g/mol. The summed E-state index contributed by atoms with van der Waals surface area (Å²) in [6.07, 6.45) is -2.74. The molecule has 0 spiro atoms. The highest BCUT2D eigenvalue weighted by Crippen LogP contribution is 2.40. The first-order valence-electron chi connectivity index (χ1n) is 8.49. The molecule has 4 rings (SSSR count). The van der Waals surface area contributed by atoms with Gasteiger partial charge in [0.15, 0.2) is 0 Å². The number of hydrogen-bond donors (Lipinski definition) is 0. The van der Waals surface area contributed by atoms with Gasteiger partial charge < -0.3 is 0 Å². The van der Waals surface area contributed by atoms with Crippen LogP contribution < -0.4 is 0 Å². The van der Waals surface area contributed by atoms with Crippen molar-refractivity contribution in [2.45, 2.75) is 25.9 Å². The minimum absolute atomic E-state index is 0.334. The molecular formula is C22H16F4. The number of hydrogen-bond acceptors (Lipinski definition) is 0. The molecule has 26 heavy (non-hydrogen) atoms. The Hall–Kier alpha value is -2.62. The molecule has 0 saturated carbocycles. The number of fused-ring (bicyclic) bond motifs is 3. The Balaban J connectivity index is 1.75. The van der Waals surface area contributed by atoms with Crippen LogP contribution in [0.25, 0.3) is 22.3 Å². The molecule has 1 aliphatic rings. The predicted octanol–water partition coefficient (Wildman–Crippen LogP) is 6.65. The van der Waals surface area contributed by atoms with Crippen LogP contribution in [-0.2, 0) is 19.0 Å². The van der Waals surface area contributed by atoms with Crippen molar-refractivity contribution >= 4 is 0 Å². The van der Waals surface area contributed by atoms with Crippen molar-refractivity contribution in [2.75, 3.05) is 0 Å². The monoisotopic (exact) mass is 356 g/mol. The van der Waals surface area contributed by atoms with Crippen LogP contribution in [0.4, 0.5) is 17.6 Å². The van der Waals surface area contributed by atoms with E-state index in [0.717, 1.165) is 35.2 Å². The highest BCUT2D eigenvalue weighted by atomic mass is 19.4. The van der Waals surface area contributed by atoms with Crippen LogP contribution in [0.1, 0.15) is 29.2 Å². The third kappa shape index (κ3) is 2.79. The quantitative estimate of drug-likeness (QED) is 0.353. The fraction of sp³-hybridized carbons (Fsp3) is 0.182. The molecule has 1 aliphatic carbocycles. The number of aryl methyl sites for hydroxylation is 1. The van der Waals surface area contributed by atoms with Crippen LogP contribution in [0, 0.1) is 5.82 Å². The SMILES string of the molecule is CCc1ccc2c(c1)Cc1cc(-c3ccc(C(F)(F)F)cc3)c(F)cc1-2. The summed E-state index contributed by atoms with van der Waals surface area (Å²) in [4.78, 5) is 0. The minimum Gasteiger partial charge on any atom is -0.206 e. The van der Waals surface area contributed by atoms with Gasteiger partial charge in [0.05, 0.1) is 5.56 Å². The largest absolute Gasteiger partial charge is 0.416 e. The fourth-order valence-corrected chi connectivity index (χ4v) is 3.56. The van der Waals surface area contributed by atoms with E-state index < -0.39 is 17.6 Å². The van der Waals surface area contributed by atoms with Crippen molar-refractivity contribution in [2.24, 2.45) is 0 Å². The van der Waals surface area contributed by atoms with Gasteiger partial charge in [0.1, 0.15) is 5.82 Å². The highest BCUT2D eigenvalue weighted by Gasteiger charge is 2.30. The van der Waals surface area contributed by atoms with Gasteiger partial charge >= 0.3 is 6.18 Å². The summed E-state index contributed by atoms with van der Waals surface area (Å²) in [5.41, 5.74) is 5.37. The third-order valence-electron chi connectivity index (χ3n) is 4.97. The molecule has 0 heterocycles. The van der Waals surface area contributed by atoms with Gasteiger partial charge in [-0.15, -0.1) is 0 Å². The van der Waals surface area contributed by atoms with E-state index in [0.29, 0.717) is 17.5 Å². The summed E-state index contributed by atoms with van der Waals surface area (Å²) in [5, 5.41) is 0. The average molecular weight is 356 g/mol. The van der Waals surface area contributed by atoms with Crippen LogP contribution in [-0.4, -0.2) is 0 Å². The first-order valence-corrected chi connectivity index (χ1v) is 8.49. The Morgan fingerprint density at radius 1 is 0.808 bits per heavy atom. The Morgan fingerprint density at radius 2 is 1.50 bits per heavy atom. The summed E-state index contributed by atoms with van der Waals surface area (Å²) in [6.45, 7) is 2.09. The molecule has 3 aromatic carbocycles. The van der Waals surface area contributed by atoms with E-state index in [2.05, 4.69) is 19.1 Å². The van der Waals surface area contributed by atoms with Crippen LogP contribution in [0.15, 0.2) is 54.6 Å². The summed E-state index contributed by atoms with van der Waals surface area (Å²) in [5.74, 6) is -0.420. The second-order valence-corrected chi connectivity index (χ2v) is 6.59. The van der Waals surface area contributed by atoms with Gasteiger partial charge in [0.2, 0.25) is 0 Å². The maximum Gasteiger partial charge on any atom is 0.416 e. The molecule has 0 aromatic heterocycles. The topological polar surface area (TPSA) is 0 Å². The first kappa shape index (κ1) is 16.8. The van der Waals surface area contributed by atoms with Crippen molar-refractivity contribution in [3.8, 4) is 22.3 Å². The third-order valence-corrected chi connectivity index (χ3v) is 4.97. The average Bonchev–Trinajstić information content (AvgIpc) is 2.97. The van der Waals surface area contributed by atoms with Gasteiger partial charge in [-0.1, -0.05) is 37.3 Å². The second kappa shape index (κ2) is 5.97. The molecule has 0 N–H and O–H groups in total. The molecule has 0 bridgehead atoms. The maximum absolute atomic E-state index is 14.7. The predicted molar refractivity (Wildman–Crippen MR) is 94.5 cm³/mol. The lowest BCUT2D eigenvalue weighted by Gasteiger charge is -2.10. The molecule has 132 valence electrons. The zero-order valence-electron chi connectivity index (χ0n) is 14.1. The van der Waals surface area contributed by atoms with Crippen molar-refractivity contribution in [1.29, 1.82) is 0 Å². The van der Waals surface area contributed by atoms with Gasteiger partial charge in [0.25, 0.3) is 0 Å². The van der Waals surface area contributed by atoms with Crippen molar-refractivity contribution in [3.05, 3.63) is 82.7 Å². The second-order valence-electron chi connectivity index (χ2n) is 6.59. The van der Waals surface area contributed by atoms with Crippen molar-refractivity contribution in [3.63, 3.8) is 0 Å². The summed E-state index contributed by atoms with van der Waals surface area (Å²) in [7, 11) is 0. The number of rotatable bonds is 2. The van der Waals surface area contributed by atoms with E-state index in [4.69, 9.17) is 0 Å². The molecule has 0 amide bonds. The normalized spacial score (nSPS) is 12.8. The van der Waals surface area contributed by atoms with Crippen LogP contribution in [0.5, 0.6) is 0 Å². The Kier molecular flexibility index (Phi) is 3.87. The standard InChI is InChI=1S/C22H16F4/c1-2-13-3-8-18-15(9-13)10-16-11-20(21(23)12-19(16)18)14-4-6-17(7-5-14)22(24,25)26/h3-9,11-12H,2,10H2,1H3. The number of benzene rings is 3. The van der Waals surface area contributed by atoms with Crippen LogP contribution >= 0.6 is 0 Å². The summed E-state index contributed by atoms with van der Waals surface area (Å²) >= 11 is 0. The van der Waals surface area contributed by atoms with E-state index >= 15 is 0 Å². The smallest absolute Gasteiger partial charge is 0.206 e. The summed E-state index contributed by atoms with van der Waals surface area (Å²) in [6, 6.07) is 14.1. The molecule has 0 fully saturated rings. The minimum atomic E-state index is -4.40. The van der Waals surface area contributed by atoms with E-state index in [1.54, 1.807) is 6.07 Å². The van der Waals surface area contributed by atoms with E-state index in [9.17, 15) is 17.6 Å².